The van der Waals surface area contributed by atoms with Crippen molar-refractivity contribution in [3.63, 3.8) is 0 Å². The number of likely N-dealkylation sites (tertiary alicyclic amines) is 1. The molecule has 2 aliphatic heterocycles. The Kier molecular flexibility index (Phi) is 5.21. The van der Waals surface area contributed by atoms with E-state index in [0.717, 1.165) is 45.0 Å². The maximum absolute atomic E-state index is 9.14. The fraction of sp³-hybridized carbons (Fsp3) is 0.591. The lowest BCUT2D eigenvalue weighted by atomic mass is 10.0. The number of piperidine rings is 1. The summed E-state index contributed by atoms with van der Waals surface area (Å²) in [4.78, 5) is 11.9. The summed E-state index contributed by atoms with van der Waals surface area (Å²) in [5.74, 6) is 3.30. The van der Waals surface area contributed by atoms with E-state index in [2.05, 4.69) is 32.0 Å². The second kappa shape index (κ2) is 8.13. The maximum atomic E-state index is 9.14. The predicted octanol–water partition coefficient (Wildman–Crippen LogP) is 3.59. The van der Waals surface area contributed by atoms with E-state index in [4.69, 9.17) is 15.0 Å². The summed E-state index contributed by atoms with van der Waals surface area (Å²) in [6, 6.07) is 6.79. The summed E-state index contributed by atoms with van der Waals surface area (Å²) < 4.78 is 7.82. The van der Waals surface area contributed by atoms with Crippen LogP contribution < -0.4 is 5.32 Å². The molecule has 7 heteroatoms. The van der Waals surface area contributed by atoms with E-state index in [1.165, 1.54) is 31.5 Å². The first kappa shape index (κ1) is 18.6. The first-order valence-corrected chi connectivity index (χ1v) is 10.8. The molecule has 3 fully saturated rings. The smallest absolute Gasteiger partial charge is 0.150 e. The molecule has 2 aromatic heterocycles. The van der Waals surface area contributed by atoms with Gasteiger partial charge in [-0.3, -0.25) is 4.90 Å². The van der Waals surface area contributed by atoms with Crippen molar-refractivity contribution in [2.45, 2.75) is 56.5 Å². The number of anilines is 2. The molecule has 4 heterocycles. The Hall–Kier alpha value is -2.43. The van der Waals surface area contributed by atoms with Gasteiger partial charge in [-0.2, -0.15) is 5.26 Å². The fourth-order valence-electron chi connectivity index (χ4n) is 4.91. The van der Waals surface area contributed by atoms with Gasteiger partial charge in [0.2, 0.25) is 0 Å². The van der Waals surface area contributed by atoms with Gasteiger partial charge in [0.15, 0.2) is 0 Å². The number of rotatable bonds is 5. The molecule has 1 N–H and O–H groups in total. The highest BCUT2D eigenvalue weighted by Gasteiger charge is 2.32. The van der Waals surface area contributed by atoms with Crippen LogP contribution in [0.2, 0.25) is 0 Å². The fourth-order valence-corrected chi connectivity index (χ4v) is 4.91. The van der Waals surface area contributed by atoms with E-state index in [-0.39, 0.29) is 0 Å². The van der Waals surface area contributed by atoms with E-state index in [1.807, 2.05) is 0 Å². The van der Waals surface area contributed by atoms with Crippen LogP contribution in [0.1, 0.15) is 61.9 Å². The SMILES string of the molecule is N#Cc1ccnc(Nc2cn(C3CCN(C4COC4)CC3)c(C3CCCC3)n2)c1. The van der Waals surface area contributed by atoms with Crippen LogP contribution >= 0.6 is 0 Å². The Bertz CT molecular complexity index is 885. The number of nitrogens with zero attached hydrogens (tertiary/aromatic N) is 5. The molecular weight excluding hydrogens is 364 g/mol. The Labute approximate surface area is 171 Å². The molecule has 5 rings (SSSR count). The monoisotopic (exact) mass is 392 g/mol. The molecule has 0 amide bonds. The standard InChI is InChI=1S/C22H28N6O/c23-12-16-5-8-24-20(11-16)25-21-13-28(22(26-21)17-3-1-2-4-17)18-6-9-27(10-7-18)19-14-29-15-19/h5,8,11,13,17-19H,1-4,6-7,9-10,14-15H2,(H,24,25). The summed E-state index contributed by atoms with van der Waals surface area (Å²) in [6.45, 7) is 4.06. The van der Waals surface area contributed by atoms with Gasteiger partial charge >= 0.3 is 0 Å². The first-order chi connectivity index (χ1) is 14.3. The zero-order chi connectivity index (χ0) is 19.6. The average Bonchev–Trinajstić information content (AvgIpc) is 3.37. The van der Waals surface area contributed by atoms with Crippen LogP contribution in [0.4, 0.5) is 11.6 Å². The molecule has 2 aromatic rings. The summed E-state index contributed by atoms with van der Waals surface area (Å²) >= 11 is 0. The van der Waals surface area contributed by atoms with Gasteiger partial charge in [-0.1, -0.05) is 12.8 Å². The maximum Gasteiger partial charge on any atom is 0.150 e. The van der Waals surface area contributed by atoms with Gasteiger partial charge in [0, 0.05) is 37.4 Å². The molecule has 29 heavy (non-hydrogen) atoms. The molecule has 0 aromatic carbocycles. The number of aromatic nitrogens is 3. The van der Waals surface area contributed by atoms with Crippen LogP contribution in [0.5, 0.6) is 0 Å². The summed E-state index contributed by atoms with van der Waals surface area (Å²) in [7, 11) is 0. The Balaban J connectivity index is 1.36. The van der Waals surface area contributed by atoms with Crippen LogP contribution in [-0.4, -0.2) is 51.8 Å². The normalized spacial score (nSPS) is 21.8. The van der Waals surface area contributed by atoms with Crippen molar-refractivity contribution in [3.05, 3.63) is 35.9 Å². The number of hydrogen-bond donors (Lipinski definition) is 1. The average molecular weight is 393 g/mol. The van der Waals surface area contributed by atoms with E-state index < -0.39 is 0 Å². The van der Waals surface area contributed by atoms with Crippen LogP contribution in [0.15, 0.2) is 24.5 Å². The second-order valence-electron chi connectivity index (χ2n) is 8.50. The number of ether oxygens (including phenoxy) is 1. The van der Waals surface area contributed by atoms with Crippen LogP contribution in [0.3, 0.4) is 0 Å². The van der Waals surface area contributed by atoms with Crippen molar-refractivity contribution in [2.75, 3.05) is 31.6 Å². The molecule has 0 spiro atoms. The van der Waals surface area contributed by atoms with Gasteiger partial charge in [0.1, 0.15) is 17.5 Å². The molecule has 3 aliphatic rings. The minimum Gasteiger partial charge on any atom is -0.378 e. The topological polar surface area (TPSA) is 79.0 Å². The van der Waals surface area contributed by atoms with Crippen molar-refractivity contribution >= 4 is 11.6 Å². The molecular formula is C22H28N6O. The minimum atomic E-state index is 0.504. The number of nitriles is 1. The van der Waals surface area contributed by atoms with Crippen molar-refractivity contribution in [1.29, 1.82) is 5.26 Å². The largest absolute Gasteiger partial charge is 0.378 e. The van der Waals surface area contributed by atoms with Gasteiger partial charge in [-0.25, -0.2) is 9.97 Å². The quantitative estimate of drug-likeness (QED) is 0.838. The van der Waals surface area contributed by atoms with Crippen molar-refractivity contribution in [2.24, 2.45) is 0 Å². The van der Waals surface area contributed by atoms with Gasteiger partial charge in [-0.15, -0.1) is 0 Å². The summed E-state index contributed by atoms with van der Waals surface area (Å²) in [6.07, 6.45) is 11.2. The van der Waals surface area contributed by atoms with E-state index in [1.54, 1.807) is 18.3 Å². The molecule has 7 nitrogen and oxygen atoms in total. The molecule has 0 bridgehead atoms. The van der Waals surface area contributed by atoms with E-state index in [0.29, 0.717) is 29.4 Å². The van der Waals surface area contributed by atoms with E-state index >= 15 is 0 Å². The lowest BCUT2D eigenvalue weighted by molar-refractivity contribution is -0.0732. The zero-order valence-corrected chi connectivity index (χ0v) is 16.8. The van der Waals surface area contributed by atoms with Gasteiger partial charge in [-0.05, 0) is 37.8 Å². The molecule has 2 saturated heterocycles. The Morgan fingerprint density at radius 3 is 2.55 bits per heavy atom. The summed E-state index contributed by atoms with van der Waals surface area (Å²) in [5.41, 5.74) is 0.602. The minimum absolute atomic E-state index is 0.504. The highest BCUT2D eigenvalue weighted by atomic mass is 16.5. The summed E-state index contributed by atoms with van der Waals surface area (Å²) in [5, 5.41) is 12.5. The molecule has 0 unspecified atom stereocenters. The highest BCUT2D eigenvalue weighted by Crippen LogP contribution is 2.37. The number of imidazole rings is 1. The number of hydrogen-bond acceptors (Lipinski definition) is 6. The van der Waals surface area contributed by atoms with Crippen LogP contribution in [0.25, 0.3) is 0 Å². The van der Waals surface area contributed by atoms with Crippen molar-refractivity contribution in [1.82, 2.24) is 19.4 Å². The van der Waals surface area contributed by atoms with Gasteiger partial charge in [0.25, 0.3) is 0 Å². The lowest BCUT2D eigenvalue weighted by Crippen LogP contribution is -2.51. The number of nitrogens with one attached hydrogen (secondary N) is 1. The molecule has 0 atom stereocenters. The zero-order valence-electron chi connectivity index (χ0n) is 16.8. The Morgan fingerprint density at radius 1 is 1.07 bits per heavy atom. The lowest BCUT2D eigenvalue weighted by Gasteiger charge is -2.41. The van der Waals surface area contributed by atoms with Crippen molar-refractivity contribution in [3.8, 4) is 6.07 Å². The van der Waals surface area contributed by atoms with Gasteiger partial charge in [0.05, 0.1) is 30.9 Å². The van der Waals surface area contributed by atoms with Crippen LogP contribution in [-0.2, 0) is 4.74 Å². The Morgan fingerprint density at radius 2 is 1.86 bits per heavy atom. The third kappa shape index (κ3) is 3.87. The highest BCUT2D eigenvalue weighted by molar-refractivity contribution is 5.53. The molecule has 152 valence electrons. The second-order valence-corrected chi connectivity index (χ2v) is 8.50. The van der Waals surface area contributed by atoms with Crippen LogP contribution in [0, 0.1) is 11.3 Å². The molecule has 1 saturated carbocycles. The number of pyridine rings is 1. The van der Waals surface area contributed by atoms with Crippen molar-refractivity contribution < 1.29 is 4.74 Å². The molecule has 1 aliphatic carbocycles. The predicted molar refractivity (Wildman–Crippen MR) is 110 cm³/mol. The first-order valence-electron chi connectivity index (χ1n) is 10.8. The molecule has 0 radical (unpaired) electrons. The third-order valence-electron chi connectivity index (χ3n) is 6.66. The third-order valence-corrected chi connectivity index (χ3v) is 6.66. The van der Waals surface area contributed by atoms with E-state index in [9.17, 15) is 0 Å². The van der Waals surface area contributed by atoms with Gasteiger partial charge < -0.3 is 14.6 Å².